The van der Waals surface area contributed by atoms with Crippen LogP contribution in [0.3, 0.4) is 0 Å². The molecule has 0 aliphatic carbocycles. The van der Waals surface area contributed by atoms with Crippen molar-refractivity contribution in [1.82, 2.24) is 14.9 Å². The third kappa shape index (κ3) is 4.48. The summed E-state index contributed by atoms with van der Waals surface area (Å²) in [6.07, 6.45) is 4.00. The second-order valence-electron chi connectivity index (χ2n) is 5.15. The molecule has 0 spiro atoms. The number of aromatic nitrogens is 2. The van der Waals surface area contributed by atoms with E-state index in [1.807, 2.05) is 12.4 Å². The molecule has 0 radical (unpaired) electrons. The molecule has 0 aliphatic heterocycles. The second-order valence-corrected chi connectivity index (χ2v) is 6.01. The molecule has 19 heavy (non-hydrogen) atoms. The van der Waals surface area contributed by atoms with Crippen LogP contribution in [0.4, 0.5) is 0 Å². The van der Waals surface area contributed by atoms with Gasteiger partial charge in [-0.3, -0.25) is 0 Å². The van der Waals surface area contributed by atoms with Crippen molar-refractivity contribution < 1.29 is 0 Å². The van der Waals surface area contributed by atoms with E-state index >= 15 is 0 Å². The molecule has 1 aromatic heterocycles. The zero-order chi connectivity index (χ0) is 13.7. The van der Waals surface area contributed by atoms with Crippen LogP contribution in [0.2, 0.25) is 0 Å². The summed E-state index contributed by atoms with van der Waals surface area (Å²) in [5, 5.41) is 3.40. The highest BCUT2D eigenvalue weighted by Crippen LogP contribution is 2.17. The number of hydrogen-bond donors (Lipinski definition) is 1. The van der Waals surface area contributed by atoms with Crippen LogP contribution in [0.5, 0.6) is 0 Å². The summed E-state index contributed by atoms with van der Waals surface area (Å²) in [6, 6.07) is 8.28. The Bertz CT molecular complexity index is 520. The van der Waals surface area contributed by atoms with Gasteiger partial charge in [-0.15, -0.1) is 0 Å². The van der Waals surface area contributed by atoms with Crippen molar-refractivity contribution in [2.75, 3.05) is 6.54 Å². The molecule has 1 N–H and O–H groups in total. The molecule has 1 aromatic carbocycles. The van der Waals surface area contributed by atoms with Gasteiger partial charge in [0, 0.05) is 23.8 Å². The summed E-state index contributed by atoms with van der Waals surface area (Å²) < 4.78 is 3.26. The summed E-state index contributed by atoms with van der Waals surface area (Å²) in [5.41, 5.74) is 2.36. The van der Waals surface area contributed by atoms with Gasteiger partial charge in [0.15, 0.2) is 0 Å². The summed E-state index contributed by atoms with van der Waals surface area (Å²) in [7, 11) is 0. The van der Waals surface area contributed by atoms with Gasteiger partial charge in [-0.2, -0.15) is 0 Å². The fraction of sp³-hybridized carbons (Fsp3) is 0.400. The lowest BCUT2D eigenvalue weighted by Gasteiger charge is -2.05. The van der Waals surface area contributed by atoms with Gasteiger partial charge in [0.1, 0.15) is 0 Å². The third-order valence-electron chi connectivity index (χ3n) is 2.86. The van der Waals surface area contributed by atoms with Gasteiger partial charge in [-0.25, -0.2) is 4.98 Å². The number of nitrogens with zero attached hydrogens (tertiary/aromatic N) is 2. The van der Waals surface area contributed by atoms with E-state index in [4.69, 9.17) is 0 Å². The van der Waals surface area contributed by atoms with Crippen LogP contribution in [-0.4, -0.2) is 16.1 Å². The van der Waals surface area contributed by atoms with Gasteiger partial charge in [0.2, 0.25) is 0 Å². The Labute approximate surface area is 123 Å². The van der Waals surface area contributed by atoms with Gasteiger partial charge in [-0.05, 0) is 24.1 Å². The lowest BCUT2D eigenvalue weighted by atomic mass is 10.2. The molecule has 0 saturated carbocycles. The first kappa shape index (κ1) is 14.3. The van der Waals surface area contributed by atoms with Gasteiger partial charge >= 0.3 is 0 Å². The smallest absolute Gasteiger partial charge is 0.0953 e. The van der Waals surface area contributed by atoms with E-state index in [9.17, 15) is 0 Å². The molecule has 0 unspecified atom stereocenters. The van der Waals surface area contributed by atoms with E-state index < -0.39 is 0 Å². The van der Waals surface area contributed by atoms with Crippen molar-refractivity contribution in [1.29, 1.82) is 0 Å². The molecule has 1 heterocycles. The molecule has 2 rings (SSSR count). The van der Waals surface area contributed by atoms with Crippen molar-refractivity contribution in [2.24, 2.45) is 5.92 Å². The zero-order valence-electron chi connectivity index (χ0n) is 11.4. The molecule has 2 aromatic rings. The molecule has 0 aliphatic rings. The van der Waals surface area contributed by atoms with Crippen LogP contribution >= 0.6 is 15.9 Å². The zero-order valence-corrected chi connectivity index (χ0v) is 13.0. The largest absolute Gasteiger partial charge is 0.333 e. The molecular formula is C15H20BrN3. The Morgan fingerprint density at radius 1 is 1.32 bits per heavy atom. The molecule has 3 nitrogen and oxygen atoms in total. The van der Waals surface area contributed by atoms with E-state index in [0.29, 0.717) is 5.92 Å². The Balaban J connectivity index is 1.92. The minimum atomic E-state index is 0.669. The lowest BCUT2D eigenvalue weighted by Crippen LogP contribution is -2.19. The van der Waals surface area contributed by atoms with E-state index in [2.05, 4.69) is 69.0 Å². The second kappa shape index (κ2) is 6.87. The van der Waals surface area contributed by atoms with Crippen molar-refractivity contribution >= 4 is 15.9 Å². The van der Waals surface area contributed by atoms with Crippen LogP contribution in [0.1, 0.15) is 25.1 Å². The number of hydrogen-bond acceptors (Lipinski definition) is 2. The monoisotopic (exact) mass is 321 g/mol. The Morgan fingerprint density at radius 3 is 2.84 bits per heavy atom. The Kier molecular flexibility index (Phi) is 5.16. The first-order chi connectivity index (χ1) is 9.15. The number of benzene rings is 1. The molecule has 0 fully saturated rings. The first-order valence-corrected chi connectivity index (χ1v) is 7.39. The highest BCUT2D eigenvalue weighted by atomic mass is 79.9. The van der Waals surface area contributed by atoms with E-state index in [0.717, 1.165) is 29.8 Å². The number of nitrogens with one attached hydrogen (secondary N) is 1. The maximum Gasteiger partial charge on any atom is 0.0953 e. The van der Waals surface area contributed by atoms with Gasteiger partial charge < -0.3 is 9.88 Å². The molecule has 0 bridgehead atoms. The summed E-state index contributed by atoms with van der Waals surface area (Å²) in [6.45, 7) is 7.12. The molecule has 0 amide bonds. The number of imidazole rings is 1. The summed E-state index contributed by atoms with van der Waals surface area (Å²) >= 11 is 3.57. The van der Waals surface area contributed by atoms with Crippen molar-refractivity contribution in [2.45, 2.75) is 26.9 Å². The van der Waals surface area contributed by atoms with E-state index in [1.165, 1.54) is 5.56 Å². The molecule has 0 saturated heterocycles. The highest BCUT2D eigenvalue weighted by molar-refractivity contribution is 9.10. The highest BCUT2D eigenvalue weighted by Gasteiger charge is 2.02. The summed E-state index contributed by atoms with van der Waals surface area (Å²) in [4.78, 5) is 4.42. The van der Waals surface area contributed by atoms with Crippen LogP contribution in [0.15, 0.2) is 41.3 Å². The molecule has 102 valence electrons. The van der Waals surface area contributed by atoms with Crippen molar-refractivity contribution in [3.8, 4) is 0 Å². The minimum absolute atomic E-state index is 0.669. The predicted octanol–water partition coefficient (Wildman–Crippen LogP) is 3.44. The van der Waals surface area contributed by atoms with E-state index in [1.54, 1.807) is 0 Å². The van der Waals surface area contributed by atoms with Gasteiger partial charge in [0.05, 0.1) is 12.0 Å². The Morgan fingerprint density at radius 2 is 2.11 bits per heavy atom. The van der Waals surface area contributed by atoms with Crippen LogP contribution in [0.25, 0.3) is 0 Å². The average molecular weight is 322 g/mol. The van der Waals surface area contributed by atoms with Crippen molar-refractivity contribution in [3.05, 3.63) is 52.5 Å². The normalized spacial score (nSPS) is 11.2. The first-order valence-electron chi connectivity index (χ1n) is 6.60. The SMILES string of the molecule is CC(C)CNCc1cn(Cc2ccccc2Br)cn1. The fourth-order valence-electron chi connectivity index (χ4n) is 1.90. The standard InChI is InChI=1S/C15H20BrN3/c1-12(2)7-17-8-14-10-19(11-18-14)9-13-5-3-4-6-15(13)16/h3-6,10-12,17H,7-9H2,1-2H3. The lowest BCUT2D eigenvalue weighted by molar-refractivity contribution is 0.548. The predicted molar refractivity (Wildman–Crippen MR) is 82.0 cm³/mol. The van der Waals surface area contributed by atoms with Gasteiger partial charge in [0.25, 0.3) is 0 Å². The van der Waals surface area contributed by atoms with Crippen LogP contribution < -0.4 is 5.32 Å². The minimum Gasteiger partial charge on any atom is -0.333 e. The van der Waals surface area contributed by atoms with Crippen LogP contribution in [-0.2, 0) is 13.1 Å². The molecule has 4 heteroatoms. The van der Waals surface area contributed by atoms with Gasteiger partial charge in [-0.1, -0.05) is 48.0 Å². The van der Waals surface area contributed by atoms with E-state index in [-0.39, 0.29) is 0 Å². The Hall–Kier alpha value is -1.13. The topological polar surface area (TPSA) is 29.9 Å². The molecule has 0 atom stereocenters. The number of halogens is 1. The van der Waals surface area contributed by atoms with Crippen molar-refractivity contribution in [3.63, 3.8) is 0 Å². The third-order valence-corrected chi connectivity index (χ3v) is 3.63. The number of rotatable bonds is 6. The van der Waals surface area contributed by atoms with Crippen LogP contribution in [0, 0.1) is 5.92 Å². The average Bonchev–Trinajstić information content (AvgIpc) is 2.79. The summed E-state index contributed by atoms with van der Waals surface area (Å²) in [5.74, 6) is 0.669. The quantitative estimate of drug-likeness (QED) is 0.883. The molecular weight excluding hydrogens is 302 g/mol. The maximum atomic E-state index is 4.42. The maximum absolute atomic E-state index is 4.42. The fourth-order valence-corrected chi connectivity index (χ4v) is 2.31.